The van der Waals surface area contributed by atoms with Crippen molar-refractivity contribution in [1.82, 2.24) is 20.2 Å². The number of hydrogen-bond donors (Lipinski definition) is 3. The Morgan fingerprint density at radius 1 is 0.870 bits per heavy atom. The first-order valence-corrected chi connectivity index (χ1v) is 17.3. The SMILES string of the molecule is CN[C@@H](Cc1cn(C(c2ccccc2)(c2ccccc2)c2ccccc2)cn1)C(=O)N[C@@H](CC1CCCCC1)[C@@H](O)CCC(C)C. The average molecular weight is 621 g/mol. The second kappa shape index (κ2) is 16.2. The quantitative estimate of drug-likeness (QED) is 0.124. The lowest BCUT2D eigenvalue weighted by Gasteiger charge is -2.37. The molecule has 244 valence electrons. The number of aliphatic hydroxyl groups excluding tert-OH is 1. The Bertz CT molecular complexity index is 1370. The predicted molar refractivity (Wildman–Crippen MR) is 187 cm³/mol. The molecule has 6 heteroatoms. The summed E-state index contributed by atoms with van der Waals surface area (Å²) in [5.41, 5.74) is 3.55. The standard InChI is InChI=1S/C40H52N4O2/c1-30(2)24-25-38(45)36(26-31-16-8-4-9-17-31)43-39(46)37(41-3)27-35-28-44(29-42-35)40(32-18-10-5-11-19-32,33-20-12-6-13-21-33)34-22-14-7-15-23-34/h5-7,10-15,18-23,28-31,36-38,41,45H,4,8-9,16-17,24-27H2,1-3H3,(H,43,46)/t36-,37-,38-/m0/s1. The van der Waals surface area contributed by atoms with E-state index in [1.807, 2.05) is 31.6 Å². The number of carbonyl (C=O) groups is 1. The van der Waals surface area contributed by atoms with Crippen LogP contribution in [0.2, 0.25) is 0 Å². The van der Waals surface area contributed by atoms with E-state index in [1.165, 1.54) is 32.1 Å². The Balaban J connectivity index is 1.42. The van der Waals surface area contributed by atoms with Crippen LogP contribution < -0.4 is 10.6 Å². The monoisotopic (exact) mass is 620 g/mol. The maximum atomic E-state index is 13.8. The van der Waals surface area contributed by atoms with Crippen molar-refractivity contribution in [3.8, 4) is 0 Å². The minimum absolute atomic E-state index is 0.0816. The summed E-state index contributed by atoms with van der Waals surface area (Å²) in [5.74, 6) is 0.982. The van der Waals surface area contributed by atoms with Gasteiger partial charge in [-0.15, -0.1) is 0 Å². The Morgan fingerprint density at radius 2 is 1.41 bits per heavy atom. The molecule has 0 aliphatic heterocycles. The molecule has 1 aliphatic carbocycles. The van der Waals surface area contributed by atoms with Crippen LogP contribution in [-0.4, -0.2) is 45.8 Å². The van der Waals surface area contributed by atoms with E-state index in [0.29, 0.717) is 24.7 Å². The first-order valence-electron chi connectivity index (χ1n) is 17.3. The zero-order valence-electron chi connectivity index (χ0n) is 27.8. The van der Waals surface area contributed by atoms with Crippen molar-refractivity contribution in [2.45, 2.75) is 95.4 Å². The molecular formula is C40H52N4O2. The Hall–Kier alpha value is -3.74. The van der Waals surface area contributed by atoms with E-state index in [2.05, 4.69) is 108 Å². The molecule has 1 amide bonds. The third-order valence-corrected chi connectivity index (χ3v) is 9.82. The van der Waals surface area contributed by atoms with Crippen molar-refractivity contribution in [3.63, 3.8) is 0 Å². The van der Waals surface area contributed by atoms with Gasteiger partial charge < -0.3 is 20.3 Å². The smallest absolute Gasteiger partial charge is 0.237 e. The summed E-state index contributed by atoms with van der Waals surface area (Å²) in [6, 6.07) is 30.9. The molecule has 4 aromatic rings. The normalized spacial score (nSPS) is 16.2. The number of aromatic nitrogens is 2. The first-order chi connectivity index (χ1) is 22.4. The highest BCUT2D eigenvalue weighted by Gasteiger charge is 2.38. The van der Waals surface area contributed by atoms with Crippen LogP contribution in [0.15, 0.2) is 104 Å². The molecule has 1 aliphatic rings. The van der Waals surface area contributed by atoms with Gasteiger partial charge in [-0.25, -0.2) is 4.98 Å². The van der Waals surface area contributed by atoms with Gasteiger partial charge in [0.15, 0.2) is 0 Å². The van der Waals surface area contributed by atoms with Crippen molar-refractivity contribution >= 4 is 5.91 Å². The zero-order chi connectivity index (χ0) is 32.4. The summed E-state index contributed by atoms with van der Waals surface area (Å²) in [5, 5.41) is 17.8. The van der Waals surface area contributed by atoms with Gasteiger partial charge in [0.05, 0.1) is 30.2 Å². The largest absolute Gasteiger partial charge is 0.391 e. The molecule has 5 rings (SSSR count). The molecule has 0 saturated heterocycles. The first kappa shape index (κ1) is 33.6. The number of nitrogens with zero attached hydrogens (tertiary/aromatic N) is 2. The van der Waals surface area contributed by atoms with E-state index in [-0.39, 0.29) is 11.9 Å². The minimum Gasteiger partial charge on any atom is -0.391 e. The molecule has 0 unspecified atom stereocenters. The predicted octanol–water partition coefficient (Wildman–Crippen LogP) is 7.11. The van der Waals surface area contributed by atoms with E-state index >= 15 is 0 Å². The Kier molecular flexibility index (Phi) is 11.8. The fourth-order valence-electron chi connectivity index (χ4n) is 7.26. The van der Waals surface area contributed by atoms with Crippen LogP contribution in [0.4, 0.5) is 0 Å². The van der Waals surface area contributed by atoms with Crippen LogP contribution in [0.3, 0.4) is 0 Å². The van der Waals surface area contributed by atoms with Crippen molar-refractivity contribution in [2.75, 3.05) is 7.05 Å². The van der Waals surface area contributed by atoms with Gasteiger partial charge in [0.2, 0.25) is 5.91 Å². The number of likely N-dealkylation sites (N-methyl/N-ethyl adjacent to an activating group) is 1. The van der Waals surface area contributed by atoms with Gasteiger partial charge >= 0.3 is 0 Å². The lowest BCUT2D eigenvalue weighted by atomic mass is 9.77. The molecule has 1 aromatic heterocycles. The van der Waals surface area contributed by atoms with Crippen molar-refractivity contribution < 1.29 is 9.90 Å². The summed E-state index contributed by atoms with van der Waals surface area (Å²) in [4.78, 5) is 18.7. The Labute approximate surface area is 275 Å². The highest BCUT2D eigenvalue weighted by Crippen LogP contribution is 2.40. The van der Waals surface area contributed by atoms with Gasteiger partial charge in [-0.1, -0.05) is 137 Å². The van der Waals surface area contributed by atoms with E-state index in [9.17, 15) is 9.90 Å². The zero-order valence-corrected chi connectivity index (χ0v) is 27.8. The number of imidazole rings is 1. The topological polar surface area (TPSA) is 79.2 Å². The summed E-state index contributed by atoms with van der Waals surface area (Å²) >= 11 is 0. The maximum Gasteiger partial charge on any atom is 0.237 e. The Morgan fingerprint density at radius 3 is 1.91 bits per heavy atom. The molecule has 3 atom stereocenters. The second-order valence-corrected chi connectivity index (χ2v) is 13.5. The summed E-state index contributed by atoms with van der Waals surface area (Å²) in [6.45, 7) is 4.36. The summed E-state index contributed by atoms with van der Waals surface area (Å²) in [7, 11) is 1.83. The van der Waals surface area contributed by atoms with Crippen LogP contribution in [-0.2, 0) is 16.8 Å². The number of hydrogen-bond acceptors (Lipinski definition) is 4. The minimum atomic E-state index is -0.655. The second-order valence-electron chi connectivity index (χ2n) is 13.5. The fraction of sp³-hybridized carbons (Fsp3) is 0.450. The summed E-state index contributed by atoms with van der Waals surface area (Å²) < 4.78 is 2.19. The van der Waals surface area contributed by atoms with Gasteiger partial charge in [-0.3, -0.25) is 4.79 Å². The average Bonchev–Trinajstić information content (AvgIpc) is 3.56. The van der Waals surface area contributed by atoms with Gasteiger partial charge in [-0.05, 0) is 54.8 Å². The molecule has 3 N–H and O–H groups in total. The van der Waals surface area contributed by atoms with Gasteiger partial charge in [-0.2, -0.15) is 0 Å². The number of benzene rings is 3. The molecule has 0 radical (unpaired) electrons. The highest BCUT2D eigenvalue weighted by atomic mass is 16.3. The molecule has 0 spiro atoms. The number of aliphatic hydroxyl groups is 1. The third kappa shape index (κ3) is 7.97. The van der Waals surface area contributed by atoms with Crippen molar-refractivity contribution in [3.05, 3.63) is 126 Å². The van der Waals surface area contributed by atoms with E-state index in [1.54, 1.807) is 0 Å². The van der Waals surface area contributed by atoms with Gasteiger partial charge in [0.1, 0.15) is 5.54 Å². The van der Waals surface area contributed by atoms with Crippen LogP contribution in [0.1, 0.15) is 87.6 Å². The van der Waals surface area contributed by atoms with E-state index < -0.39 is 17.7 Å². The molecule has 0 bridgehead atoms. The molecule has 3 aromatic carbocycles. The molecule has 1 fully saturated rings. The number of nitrogens with one attached hydrogen (secondary N) is 2. The third-order valence-electron chi connectivity index (χ3n) is 9.82. The van der Waals surface area contributed by atoms with Crippen LogP contribution >= 0.6 is 0 Å². The molecule has 46 heavy (non-hydrogen) atoms. The van der Waals surface area contributed by atoms with Gasteiger partial charge in [0, 0.05) is 12.6 Å². The van der Waals surface area contributed by atoms with Crippen molar-refractivity contribution in [2.24, 2.45) is 11.8 Å². The summed E-state index contributed by atoms with van der Waals surface area (Å²) in [6.07, 6.45) is 12.5. The number of rotatable bonds is 15. The molecule has 1 heterocycles. The van der Waals surface area contributed by atoms with Crippen LogP contribution in [0.25, 0.3) is 0 Å². The molecule has 1 saturated carbocycles. The highest BCUT2D eigenvalue weighted by molar-refractivity contribution is 5.82. The lowest BCUT2D eigenvalue weighted by Crippen LogP contribution is -2.52. The fourth-order valence-corrected chi connectivity index (χ4v) is 7.26. The van der Waals surface area contributed by atoms with Crippen LogP contribution in [0.5, 0.6) is 0 Å². The lowest BCUT2D eigenvalue weighted by molar-refractivity contribution is -0.124. The van der Waals surface area contributed by atoms with E-state index in [4.69, 9.17) is 4.98 Å². The van der Waals surface area contributed by atoms with Crippen molar-refractivity contribution in [1.29, 1.82) is 0 Å². The molecule has 6 nitrogen and oxygen atoms in total. The number of amides is 1. The van der Waals surface area contributed by atoms with Crippen LogP contribution in [0, 0.1) is 11.8 Å². The van der Waals surface area contributed by atoms with E-state index in [0.717, 1.165) is 35.2 Å². The number of carbonyl (C=O) groups excluding carboxylic acids is 1. The van der Waals surface area contributed by atoms with Gasteiger partial charge in [0.25, 0.3) is 0 Å². The maximum absolute atomic E-state index is 13.8. The molecular weight excluding hydrogens is 568 g/mol.